The van der Waals surface area contributed by atoms with Crippen LogP contribution in [0.3, 0.4) is 0 Å². The molecule has 0 bridgehead atoms. The topological polar surface area (TPSA) is 9.86 Å². The number of hydrogen-bond acceptors (Lipinski definition) is 0. The van der Waals surface area contributed by atoms with E-state index in [9.17, 15) is 0 Å². The van der Waals surface area contributed by atoms with Crippen LogP contribution < -0.4 is 0 Å². The minimum Gasteiger partial charge on any atom is -0.309 e. The molecule has 0 fully saturated rings. The molecule has 296 valence electrons. The molecule has 0 unspecified atom stereocenters. The summed E-state index contributed by atoms with van der Waals surface area (Å²) >= 11 is 0. The quantitative estimate of drug-likeness (QED) is 0.121. The van der Waals surface area contributed by atoms with Gasteiger partial charge in [-0.2, -0.15) is 0 Å². The third kappa shape index (κ3) is 5.08. The van der Waals surface area contributed by atoms with Crippen molar-refractivity contribution < 1.29 is 0 Å². The third-order valence-corrected chi connectivity index (χ3v) is 13.8. The van der Waals surface area contributed by atoms with Crippen LogP contribution in [0.5, 0.6) is 0 Å². The number of para-hydroxylation sites is 2. The Morgan fingerprint density at radius 2 is 0.875 bits per heavy atom. The minimum absolute atomic E-state index is 1.13. The van der Waals surface area contributed by atoms with Crippen molar-refractivity contribution in [3.8, 4) is 44.9 Å². The smallest absolute Gasteiger partial charge is 0.0620 e. The van der Waals surface area contributed by atoms with Gasteiger partial charge in [-0.25, -0.2) is 0 Å². The maximum absolute atomic E-state index is 2.57. The Hall–Kier alpha value is -8.46. The van der Waals surface area contributed by atoms with Gasteiger partial charge in [-0.05, 0) is 131 Å². The number of hydrogen-bond donors (Lipinski definition) is 0. The molecule has 0 aliphatic rings. The van der Waals surface area contributed by atoms with Crippen LogP contribution in [0.2, 0.25) is 0 Å². The highest BCUT2D eigenvalue weighted by atomic mass is 15.0. The maximum Gasteiger partial charge on any atom is 0.0620 e. The fraction of sp³-hybridized carbons (Fsp3) is 0. The van der Waals surface area contributed by atoms with Crippen LogP contribution in [-0.4, -0.2) is 9.13 Å². The van der Waals surface area contributed by atoms with E-state index in [1.54, 1.807) is 0 Å². The van der Waals surface area contributed by atoms with Crippen LogP contribution in [0.15, 0.2) is 231 Å². The number of aromatic nitrogens is 2. The normalized spacial score (nSPS) is 12.1. The standard InChI is InChI=1S/C62H38N2/c1-4-14-39(15-5-1)60-55-37-46-28-31-52-50(45-25-24-44-34-42-18-10-11-19-43(42)35-47(44)36-45)30-26-40-27-32-53(59(46)58(40)52)62(55)64(61(60)41-16-6-2-7-17-41)49-29-33-57-54(38-49)51-22-12-13-23-56(51)63(57)48-20-8-3-9-21-48/h1-38H. The average molecular weight is 811 g/mol. The first kappa shape index (κ1) is 35.2. The predicted molar refractivity (Wildman–Crippen MR) is 273 cm³/mol. The second kappa shape index (κ2) is 13.5. The summed E-state index contributed by atoms with van der Waals surface area (Å²) in [6.07, 6.45) is 0. The second-order valence-corrected chi connectivity index (χ2v) is 17.3. The molecule has 14 rings (SSSR count). The van der Waals surface area contributed by atoms with Crippen molar-refractivity contribution in [1.29, 1.82) is 0 Å². The molecule has 0 saturated carbocycles. The van der Waals surface area contributed by atoms with Crippen molar-refractivity contribution in [2.24, 2.45) is 0 Å². The summed E-state index contributed by atoms with van der Waals surface area (Å²) in [4.78, 5) is 0. The lowest BCUT2D eigenvalue weighted by Gasteiger charge is -2.17. The predicted octanol–water partition coefficient (Wildman–Crippen LogP) is 16.9. The summed E-state index contributed by atoms with van der Waals surface area (Å²) in [5.41, 5.74) is 13.2. The van der Waals surface area contributed by atoms with Gasteiger partial charge in [0.1, 0.15) is 0 Å². The SMILES string of the molecule is c1ccc(-c2c(-c3ccccc3)n(-c3ccc4c(c3)c3ccccc3n4-c3ccccc3)c3c2cc2ccc4c(-c5ccc6cc7ccccc7cc6c5)ccc5ccc3c2c54)cc1. The van der Waals surface area contributed by atoms with E-state index in [0.717, 1.165) is 11.4 Å². The first-order valence-corrected chi connectivity index (χ1v) is 22.2. The monoisotopic (exact) mass is 810 g/mol. The summed E-state index contributed by atoms with van der Waals surface area (Å²) in [7, 11) is 0. The van der Waals surface area contributed by atoms with E-state index in [1.165, 1.54) is 120 Å². The maximum atomic E-state index is 2.57. The van der Waals surface area contributed by atoms with Crippen LogP contribution in [0.1, 0.15) is 0 Å². The van der Waals surface area contributed by atoms with Crippen molar-refractivity contribution in [2.45, 2.75) is 0 Å². The highest BCUT2D eigenvalue weighted by molar-refractivity contribution is 6.32. The molecule has 64 heavy (non-hydrogen) atoms. The largest absolute Gasteiger partial charge is 0.309 e. The number of nitrogens with zero attached hydrogens (tertiary/aromatic N) is 2. The van der Waals surface area contributed by atoms with E-state index >= 15 is 0 Å². The van der Waals surface area contributed by atoms with Gasteiger partial charge in [0, 0.05) is 38.5 Å². The molecular formula is C62H38N2. The van der Waals surface area contributed by atoms with Crippen LogP contribution in [0.25, 0.3) is 131 Å². The molecule has 2 nitrogen and oxygen atoms in total. The van der Waals surface area contributed by atoms with Gasteiger partial charge in [-0.15, -0.1) is 0 Å². The van der Waals surface area contributed by atoms with Gasteiger partial charge in [0.25, 0.3) is 0 Å². The lowest BCUT2D eigenvalue weighted by Crippen LogP contribution is -1.99. The Morgan fingerprint density at radius 1 is 0.266 bits per heavy atom. The minimum atomic E-state index is 1.13. The summed E-state index contributed by atoms with van der Waals surface area (Å²) in [5, 5.41) is 16.4. The van der Waals surface area contributed by atoms with Crippen LogP contribution in [-0.2, 0) is 0 Å². The molecule has 0 saturated heterocycles. The molecular weight excluding hydrogens is 773 g/mol. The van der Waals surface area contributed by atoms with Gasteiger partial charge < -0.3 is 9.13 Å². The molecule has 2 heteroatoms. The zero-order valence-corrected chi connectivity index (χ0v) is 34.8. The van der Waals surface area contributed by atoms with Crippen molar-refractivity contribution in [2.75, 3.05) is 0 Å². The summed E-state index contributed by atoms with van der Waals surface area (Å²) in [6, 6.07) is 85.5. The Balaban J connectivity index is 1.10. The van der Waals surface area contributed by atoms with Gasteiger partial charge >= 0.3 is 0 Å². The summed E-state index contributed by atoms with van der Waals surface area (Å²) in [5.74, 6) is 0. The van der Waals surface area contributed by atoms with Crippen LogP contribution in [0.4, 0.5) is 0 Å². The molecule has 0 atom stereocenters. The first-order chi connectivity index (χ1) is 31.7. The number of rotatable bonds is 5. The molecule has 0 aliphatic heterocycles. The fourth-order valence-corrected chi connectivity index (χ4v) is 11.0. The Bertz CT molecular complexity index is 4160. The number of fused-ring (bicyclic) bond motifs is 7. The number of benzene rings is 12. The lowest BCUT2D eigenvalue weighted by molar-refractivity contribution is 1.14. The van der Waals surface area contributed by atoms with E-state index in [0.29, 0.717) is 0 Å². The van der Waals surface area contributed by atoms with Crippen molar-refractivity contribution in [3.05, 3.63) is 231 Å². The van der Waals surface area contributed by atoms with Crippen LogP contribution in [0, 0.1) is 0 Å². The van der Waals surface area contributed by atoms with E-state index in [1.807, 2.05) is 0 Å². The van der Waals surface area contributed by atoms with Gasteiger partial charge in [0.05, 0.1) is 22.2 Å². The Morgan fingerprint density at radius 3 is 1.69 bits per heavy atom. The van der Waals surface area contributed by atoms with Gasteiger partial charge in [-0.3, -0.25) is 0 Å². The van der Waals surface area contributed by atoms with Crippen molar-refractivity contribution >= 4 is 86.6 Å². The molecule has 12 aromatic carbocycles. The average Bonchev–Trinajstić information content (AvgIpc) is 3.88. The Kier molecular flexibility index (Phi) is 7.43. The summed E-state index contributed by atoms with van der Waals surface area (Å²) in [6.45, 7) is 0. The van der Waals surface area contributed by atoms with E-state index in [4.69, 9.17) is 0 Å². The molecule has 0 radical (unpaired) electrons. The summed E-state index contributed by atoms with van der Waals surface area (Å²) < 4.78 is 4.97. The lowest BCUT2D eigenvalue weighted by atomic mass is 9.88. The van der Waals surface area contributed by atoms with Gasteiger partial charge in [0.2, 0.25) is 0 Å². The van der Waals surface area contributed by atoms with E-state index in [2.05, 4.69) is 240 Å². The molecule has 0 aliphatic carbocycles. The zero-order chi connectivity index (χ0) is 41.9. The molecule has 0 spiro atoms. The Labute approximate surface area is 369 Å². The third-order valence-electron chi connectivity index (χ3n) is 13.8. The molecule has 2 aromatic heterocycles. The highest BCUT2D eigenvalue weighted by Crippen LogP contribution is 2.49. The van der Waals surface area contributed by atoms with Crippen molar-refractivity contribution in [3.63, 3.8) is 0 Å². The van der Waals surface area contributed by atoms with Crippen molar-refractivity contribution in [1.82, 2.24) is 9.13 Å². The molecule has 14 aromatic rings. The highest BCUT2D eigenvalue weighted by Gasteiger charge is 2.26. The van der Waals surface area contributed by atoms with E-state index in [-0.39, 0.29) is 0 Å². The molecule has 0 amide bonds. The molecule has 0 N–H and O–H groups in total. The first-order valence-electron chi connectivity index (χ1n) is 22.2. The van der Waals surface area contributed by atoms with Gasteiger partial charge in [-0.1, -0.05) is 170 Å². The van der Waals surface area contributed by atoms with E-state index < -0.39 is 0 Å². The molecule has 2 heterocycles. The zero-order valence-electron chi connectivity index (χ0n) is 34.8. The second-order valence-electron chi connectivity index (χ2n) is 17.3. The fourth-order valence-electron chi connectivity index (χ4n) is 11.0. The van der Waals surface area contributed by atoms with Crippen LogP contribution >= 0.6 is 0 Å². The van der Waals surface area contributed by atoms with Gasteiger partial charge in [0.15, 0.2) is 0 Å².